The van der Waals surface area contributed by atoms with E-state index in [4.69, 9.17) is 9.47 Å². The molecule has 0 saturated heterocycles. The van der Waals surface area contributed by atoms with Crippen LogP contribution in [0.4, 0.5) is 0 Å². The van der Waals surface area contributed by atoms with Gasteiger partial charge in [-0.15, -0.1) is 0 Å². The zero-order valence-corrected chi connectivity index (χ0v) is 9.21. The van der Waals surface area contributed by atoms with E-state index < -0.39 is 0 Å². The first-order valence-electron chi connectivity index (χ1n) is 4.93. The molecule has 0 amide bonds. The molecule has 88 valence electrons. The zero-order chi connectivity index (χ0) is 12.1. The van der Waals surface area contributed by atoms with E-state index in [1.54, 1.807) is 12.3 Å². The van der Waals surface area contributed by atoms with E-state index in [0.29, 0.717) is 30.1 Å². The highest BCUT2D eigenvalue weighted by Gasteiger charge is 2.06. The maximum absolute atomic E-state index is 10.9. The first-order chi connectivity index (χ1) is 8.33. The number of rotatable bonds is 5. The molecule has 0 spiro atoms. The number of aldehydes is 1. The van der Waals surface area contributed by atoms with Crippen molar-refractivity contribution in [1.82, 2.24) is 15.2 Å². The molecule has 2 aromatic rings. The van der Waals surface area contributed by atoms with Crippen molar-refractivity contribution in [2.75, 3.05) is 7.11 Å². The van der Waals surface area contributed by atoms with Gasteiger partial charge in [-0.3, -0.25) is 9.89 Å². The number of aromatic nitrogens is 3. The van der Waals surface area contributed by atoms with Crippen LogP contribution in [0.15, 0.2) is 24.5 Å². The topological polar surface area (TPSA) is 77.1 Å². The number of carbonyl (C=O) groups excluding carboxylic acids is 1. The van der Waals surface area contributed by atoms with Gasteiger partial charge in [-0.2, -0.15) is 5.10 Å². The van der Waals surface area contributed by atoms with Gasteiger partial charge in [-0.05, 0) is 6.07 Å². The Morgan fingerprint density at radius 2 is 2.41 bits per heavy atom. The van der Waals surface area contributed by atoms with Crippen LogP contribution in [-0.4, -0.2) is 28.6 Å². The lowest BCUT2D eigenvalue weighted by molar-refractivity contribution is 0.111. The van der Waals surface area contributed by atoms with Crippen molar-refractivity contribution < 1.29 is 14.3 Å². The molecule has 6 heteroatoms. The first kappa shape index (κ1) is 11.1. The molecule has 0 radical (unpaired) electrons. The summed E-state index contributed by atoms with van der Waals surface area (Å²) in [6, 6.07) is 3.31. The number of hydrogen-bond acceptors (Lipinski definition) is 5. The fourth-order valence-corrected chi connectivity index (χ4v) is 1.28. The maximum atomic E-state index is 10.9. The van der Waals surface area contributed by atoms with Gasteiger partial charge in [0.15, 0.2) is 6.29 Å². The fraction of sp³-hybridized carbons (Fsp3) is 0.182. The summed E-state index contributed by atoms with van der Waals surface area (Å²) in [5, 5.41) is 6.55. The third-order valence-electron chi connectivity index (χ3n) is 2.15. The predicted molar refractivity (Wildman–Crippen MR) is 59.1 cm³/mol. The summed E-state index contributed by atoms with van der Waals surface area (Å²) in [6.45, 7) is 0.300. The smallest absolute Gasteiger partial charge is 0.213 e. The van der Waals surface area contributed by atoms with E-state index in [2.05, 4.69) is 15.2 Å². The van der Waals surface area contributed by atoms with Crippen molar-refractivity contribution >= 4 is 6.29 Å². The Hall–Kier alpha value is -2.37. The van der Waals surface area contributed by atoms with Crippen LogP contribution in [0, 0.1) is 0 Å². The molecule has 0 fully saturated rings. The fourth-order valence-electron chi connectivity index (χ4n) is 1.28. The summed E-state index contributed by atoms with van der Waals surface area (Å²) in [5.74, 6) is 0.788. The van der Waals surface area contributed by atoms with Gasteiger partial charge in [-0.1, -0.05) is 0 Å². The summed E-state index contributed by atoms with van der Waals surface area (Å²) >= 11 is 0. The minimum Gasteiger partial charge on any atom is -0.485 e. The summed E-state index contributed by atoms with van der Waals surface area (Å²) < 4.78 is 10.4. The molecule has 0 unspecified atom stereocenters. The molecular formula is C11H11N3O3. The van der Waals surface area contributed by atoms with Crippen LogP contribution in [0.25, 0.3) is 0 Å². The number of carbonyl (C=O) groups is 1. The van der Waals surface area contributed by atoms with Gasteiger partial charge in [0, 0.05) is 12.3 Å². The molecule has 1 N–H and O–H groups in total. The van der Waals surface area contributed by atoms with Crippen LogP contribution in [0.2, 0.25) is 0 Å². The van der Waals surface area contributed by atoms with Crippen LogP contribution in [0.3, 0.4) is 0 Å². The predicted octanol–water partition coefficient (Wildman–Crippen LogP) is 1.20. The van der Waals surface area contributed by atoms with E-state index in [-0.39, 0.29) is 0 Å². The summed E-state index contributed by atoms with van der Waals surface area (Å²) in [6.07, 6.45) is 3.79. The second-order valence-electron chi connectivity index (χ2n) is 3.25. The molecule has 0 aliphatic carbocycles. The third-order valence-corrected chi connectivity index (χ3v) is 2.15. The minimum absolute atomic E-state index is 0.300. The molecule has 0 aromatic carbocycles. The Balaban J connectivity index is 2.12. The van der Waals surface area contributed by atoms with E-state index >= 15 is 0 Å². The normalized spacial score (nSPS) is 9.94. The largest absolute Gasteiger partial charge is 0.485 e. The highest BCUT2D eigenvalue weighted by Crippen LogP contribution is 2.20. The highest BCUT2D eigenvalue weighted by atomic mass is 16.5. The maximum Gasteiger partial charge on any atom is 0.213 e. The molecule has 17 heavy (non-hydrogen) atoms. The number of aromatic amines is 1. The van der Waals surface area contributed by atoms with Crippen LogP contribution < -0.4 is 9.47 Å². The number of nitrogens with zero attached hydrogens (tertiary/aromatic N) is 2. The quantitative estimate of drug-likeness (QED) is 0.785. The lowest BCUT2D eigenvalue weighted by Crippen LogP contribution is -2.00. The average Bonchev–Trinajstić information content (AvgIpc) is 2.89. The second kappa shape index (κ2) is 5.11. The lowest BCUT2D eigenvalue weighted by atomic mass is 10.2. The van der Waals surface area contributed by atoms with Gasteiger partial charge in [0.25, 0.3) is 0 Å². The summed E-state index contributed by atoms with van der Waals surface area (Å²) in [5.41, 5.74) is 1.22. The third kappa shape index (κ3) is 2.60. The van der Waals surface area contributed by atoms with Crippen molar-refractivity contribution in [1.29, 1.82) is 0 Å². The standard InChI is InChI=1S/C11H11N3O3/c1-16-11-4-8(6-15)10(5-12-11)17-7-9-2-3-13-14-9/h2-6H,7H2,1H3,(H,13,14). The SMILES string of the molecule is COc1cc(C=O)c(OCc2ccn[nH]2)cn1. The Morgan fingerprint density at radius 1 is 1.53 bits per heavy atom. The molecule has 2 rings (SSSR count). The first-order valence-corrected chi connectivity index (χ1v) is 4.93. The van der Waals surface area contributed by atoms with Gasteiger partial charge >= 0.3 is 0 Å². The number of H-pyrrole nitrogens is 1. The van der Waals surface area contributed by atoms with Crippen molar-refractivity contribution in [2.24, 2.45) is 0 Å². The molecule has 0 aliphatic heterocycles. The highest BCUT2D eigenvalue weighted by molar-refractivity contribution is 5.79. The Morgan fingerprint density at radius 3 is 3.06 bits per heavy atom. The molecule has 0 aliphatic rings. The molecule has 0 saturated carbocycles. The monoisotopic (exact) mass is 233 g/mol. The van der Waals surface area contributed by atoms with Crippen LogP contribution >= 0.6 is 0 Å². The lowest BCUT2D eigenvalue weighted by Gasteiger charge is -2.07. The Kier molecular flexibility index (Phi) is 3.34. The second-order valence-corrected chi connectivity index (χ2v) is 3.25. The molecule has 0 atom stereocenters. The van der Waals surface area contributed by atoms with Crippen molar-refractivity contribution in [3.8, 4) is 11.6 Å². The Labute approximate surface area is 97.6 Å². The number of methoxy groups -OCH3 is 1. The van der Waals surface area contributed by atoms with Gasteiger partial charge < -0.3 is 9.47 Å². The van der Waals surface area contributed by atoms with Crippen molar-refractivity contribution in [2.45, 2.75) is 6.61 Å². The van der Waals surface area contributed by atoms with E-state index in [1.807, 2.05) is 0 Å². The summed E-state index contributed by atoms with van der Waals surface area (Å²) in [4.78, 5) is 14.8. The number of ether oxygens (including phenoxy) is 2. The summed E-state index contributed by atoms with van der Waals surface area (Å²) in [7, 11) is 1.49. The number of pyridine rings is 1. The molecular weight excluding hydrogens is 222 g/mol. The number of nitrogens with one attached hydrogen (secondary N) is 1. The van der Waals surface area contributed by atoms with Crippen LogP contribution in [0.5, 0.6) is 11.6 Å². The van der Waals surface area contributed by atoms with E-state index in [9.17, 15) is 4.79 Å². The van der Waals surface area contributed by atoms with Gasteiger partial charge in [0.2, 0.25) is 5.88 Å². The molecule has 2 aromatic heterocycles. The zero-order valence-electron chi connectivity index (χ0n) is 9.21. The average molecular weight is 233 g/mol. The van der Waals surface area contributed by atoms with Gasteiger partial charge in [0.1, 0.15) is 12.4 Å². The van der Waals surface area contributed by atoms with E-state index in [0.717, 1.165) is 5.69 Å². The molecule has 6 nitrogen and oxygen atoms in total. The van der Waals surface area contributed by atoms with E-state index in [1.165, 1.54) is 19.4 Å². The number of hydrogen-bond donors (Lipinski definition) is 1. The Bertz CT molecular complexity index is 497. The van der Waals surface area contributed by atoms with Gasteiger partial charge in [0.05, 0.1) is 24.6 Å². The van der Waals surface area contributed by atoms with Crippen LogP contribution in [-0.2, 0) is 6.61 Å². The van der Waals surface area contributed by atoms with Crippen LogP contribution in [0.1, 0.15) is 16.1 Å². The van der Waals surface area contributed by atoms with Gasteiger partial charge in [-0.25, -0.2) is 4.98 Å². The minimum atomic E-state index is 0.300. The molecule has 0 bridgehead atoms. The van der Waals surface area contributed by atoms with Crippen molar-refractivity contribution in [3.05, 3.63) is 35.8 Å². The molecule has 2 heterocycles. The van der Waals surface area contributed by atoms with Crippen molar-refractivity contribution in [3.63, 3.8) is 0 Å².